The van der Waals surface area contributed by atoms with Crippen LogP contribution in [0.15, 0.2) is 41.8 Å². The molecule has 0 spiro atoms. The monoisotopic (exact) mass is 451 g/mol. The predicted octanol–water partition coefficient (Wildman–Crippen LogP) is 5.18. The number of fused-ring (bicyclic) bond motifs is 1. The van der Waals surface area contributed by atoms with Crippen LogP contribution >= 0.6 is 35.1 Å². The van der Waals surface area contributed by atoms with E-state index in [0.717, 1.165) is 45.6 Å². The van der Waals surface area contributed by atoms with E-state index in [-0.39, 0.29) is 18.3 Å². The fourth-order valence-electron chi connectivity index (χ4n) is 2.85. The highest BCUT2D eigenvalue weighted by atomic mass is 35.5. The Morgan fingerprint density at radius 2 is 2.00 bits per heavy atom. The van der Waals surface area contributed by atoms with Crippen LogP contribution in [-0.4, -0.2) is 49.1 Å². The van der Waals surface area contributed by atoms with Gasteiger partial charge in [-0.15, -0.1) is 23.7 Å². The van der Waals surface area contributed by atoms with Crippen molar-refractivity contribution in [2.45, 2.75) is 13.8 Å². The van der Waals surface area contributed by atoms with E-state index in [0.29, 0.717) is 6.54 Å². The van der Waals surface area contributed by atoms with Crippen molar-refractivity contribution < 1.29 is 9.53 Å². The standard InChI is InChI=1S/C21H25N3O2S2.ClH/c1-4-23(5-2)12-13-24(20(25)11-9-17-7-6-14-27-17)21-22-18-10-8-16(26-3)15-19(18)28-21;/h6-11,14-15H,4-5,12-13H2,1-3H3;1H/b11-9+;. The van der Waals surface area contributed by atoms with Crippen LogP contribution in [0.25, 0.3) is 16.3 Å². The third kappa shape index (κ3) is 6.02. The van der Waals surface area contributed by atoms with Gasteiger partial charge in [-0.3, -0.25) is 9.69 Å². The largest absolute Gasteiger partial charge is 0.497 e. The van der Waals surface area contributed by atoms with Crippen molar-refractivity contribution in [1.82, 2.24) is 9.88 Å². The molecule has 0 fully saturated rings. The van der Waals surface area contributed by atoms with Crippen molar-refractivity contribution in [3.05, 3.63) is 46.7 Å². The van der Waals surface area contributed by atoms with Gasteiger partial charge < -0.3 is 9.64 Å². The van der Waals surface area contributed by atoms with Crippen LogP contribution in [0.3, 0.4) is 0 Å². The van der Waals surface area contributed by atoms with Gasteiger partial charge in [-0.25, -0.2) is 4.98 Å². The molecule has 29 heavy (non-hydrogen) atoms. The SMILES string of the molecule is CCN(CC)CCN(C(=O)/C=C/c1cccs1)c1nc2ccc(OC)cc2s1.Cl. The normalized spacial score (nSPS) is 11.2. The molecule has 0 atom stereocenters. The number of benzene rings is 1. The second-order valence-electron chi connectivity index (χ2n) is 6.20. The van der Waals surface area contributed by atoms with E-state index >= 15 is 0 Å². The molecule has 2 heterocycles. The van der Waals surface area contributed by atoms with Gasteiger partial charge in [0.1, 0.15) is 5.75 Å². The van der Waals surface area contributed by atoms with Gasteiger partial charge >= 0.3 is 0 Å². The van der Waals surface area contributed by atoms with Crippen molar-refractivity contribution in [3.63, 3.8) is 0 Å². The summed E-state index contributed by atoms with van der Waals surface area (Å²) in [5.41, 5.74) is 0.878. The molecule has 8 heteroatoms. The smallest absolute Gasteiger partial charge is 0.252 e. The second kappa shape index (κ2) is 11.3. The number of carbonyl (C=O) groups is 1. The lowest BCUT2D eigenvalue weighted by atomic mass is 10.3. The van der Waals surface area contributed by atoms with Crippen molar-refractivity contribution in [2.24, 2.45) is 0 Å². The molecule has 1 aromatic carbocycles. The molecule has 1 amide bonds. The maximum Gasteiger partial charge on any atom is 0.252 e. The molecule has 2 aromatic heterocycles. The maximum absolute atomic E-state index is 13.0. The molecule has 0 aliphatic heterocycles. The number of methoxy groups -OCH3 is 1. The zero-order chi connectivity index (χ0) is 19.9. The van der Waals surface area contributed by atoms with E-state index in [1.807, 2.05) is 41.8 Å². The number of carbonyl (C=O) groups excluding carboxylic acids is 1. The van der Waals surface area contributed by atoms with E-state index in [2.05, 4.69) is 18.7 Å². The van der Waals surface area contributed by atoms with Crippen LogP contribution in [-0.2, 0) is 4.79 Å². The summed E-state index contributed by atoms with van der Waals surface area (Å²) < 4.78 is 6.32. The molecule has 5 nitrogen and oxygen atoms in total. The first kappa shape index (κ1) is 23.3. The van der Waals surface area contributed by atoms with Crippen molar-refractivity contribution in [3.8, 4) is 5.75 Å². The van der Waals surface area contributed by atoms with E-state index in [4.69, 9.17) is 9.72 Å². The van der Waals surface area contributed by atoms with Gasteiger partial charge in [-0.05, 0) is 48.8 Å². The van der Waals surface area contributed by atoms with Gasteiger partial charge in [-0.2, -0.15) is 0 Å². The van der Waals surface area contributed by atoms with Crippen LogP contribution in [0.2, 0.25) is 0 Å². The molecular weight excluding hydrogens is 426 g/mol. The number of hydrogen-bond donors (Lipinski definition) is 0. The molecular formula is C21H26ClN3O2S2. The highest BCUT2D eigenvalue weighted by Crippen LogP contribution is 2.31. The fraction of sp³-hybridized carbons (Fsp3) is 0.333. The number of aromatic nitrogens is 1. The van der Waals surface area contributed by atoms with Crippen LogP contribution in [0.4, 0.5) is 5.13 Å². The minimum atomic E-state index is -0.0495. The predicted molar refractivity (Wildman–Crippen MR) is 127 cm³/mol. The second-order valence-corrected chi connectivity index (χ2v) is 8.18. The van der Waals surface area contributed by atoms with Crippen molar-refractivity contribution in [2.75, 3.05) is 38.2 Å². The van der Waals surface area contributed by atoms with Gasteiger partial charge in [-0.1, -0.05) is 31.3 Å². The van der Waals surface area contributed by atoms with Gasteiger partial charge in [0.05, 0.1) is 17.3 Å². The van der Waals surface area contributed by atoms with Crippen LogP contribution < -0.4 is 9.64 Å². The van der Waals surface area contributed by atoms with Gasteiger partial charge in [0.15, 0.2) is 5.13 Å². The molecule has 156 valence electrons. The molecule has 3 aromatic rings. The quantitative estimate of drug-likeness (QED) is 0.420. The van der Waals surface area contributed by atoms with Crippen molar-refractivity contribution in [1.29, 1.82) is 0 Å². The minimum Gasteiger partial charge on any atom is -0.497 e. The topological polar surface area (TPSA) is 45.7 Å². The summed E-state index contributed by atoms with van der Waals surface area (Å²) in [5.74, 6) is 0.743. The van der Waals surface area contributed by atoms with E-state index < -0.39 is 0 Å². The third-order valence-electron chi connectivity index (χ3n) is 4.55. The van der Waals surface area contributed by atoms with Crippen LogP contribution in [0.5, 0.6) is 5.75 Å². The number of ether oxygens (including phenoxy) is 1. The summed E-state index contributed by atoms with van der Waals surface area (Å²) in [5, 5.41) is 2.72. The zero-order valence-corrected chi connectivity index (χ0v) is 19.3. The summed E-state index contributed by atoms with van der Waals surface area (Å²) in [6, 6.07) is 9.77. The third-order valence-corrected chi connectivity index (χ3v) is 6.43. The fourth-order valence-corrected chi connectivity index (χ4v) is 4.49. The Labute approximate surface area is 186 Å². The summed E-state index contributed by atoms with van der Waals surface area (Å²) >= 11 is 3.13. The molecule has 0 N–H and O–H groups in total. The first-order chi connectivity index (χ1) is 13.6. The Morgan fingerprint density at radius 3 is 2.66 bits per heavy atom. The van der Waals surface area contributed by atoms with Crippen LogP contribution in [0, 0.1) is 0 Å². The number of anilines is 1. The molecule has 0 saturated heterocycles. The Morgan fingerprint density at radius 1 is 1.21 bits per heavy atom. The minimum absolute atomic E-state index is 0. The lowest BCUT2D eigenvalue weighted by Gasteiger charge is -2.23. The first-order valence-corrected chi connectivity index (χ1v) is 11.0. The number of thiazole rings is 1. The lowest BCUT2D eigenvalue weighted by molar-refractivity contribution is -0.114. The number of halogens is 1. The van der Waals surface area contributed by atoms with Gasteiger partial charge in [0.25, 0.3) is 5.91 Å². The number of rotatable bonds is 9. The number of amides is 1. The number of likely N-dealkylation sites (N-methyl/N-ethyl adjacent to an activating group) is 1. The van der Waals surface area contributed by atoms with Gasteiger partial charge in [0.2, 0.25) is 0 Å². The van der Waals surface area contributed by atoms with Crippen LogP contribution in [0.1, 0.15) is 18.7 Å². The highest BCUT2D eigenvalue weighted by molar-refractivity contribution is 7.22. The van der Waals surface area contributed by atoms with E-state index in [1.165, 1.54) is 11.3 Å². The van der Waals surface area contributed by atoms with Crippen molar-refractivity contribution >= 4 is 62.4 Å². The Bertz CT molecular complexity index is 937. The summed E-state index contributed by atoms with van der Waals surface area (Å²) in [6.07, 6.45) is 3.51. The highest BCUT2D eigenvalue weighted by Gasteiger charge is 2.19. The molecule has 3 rings (SSSR count). The summed E-state index contributed by atoms with van der Waals surface area (Å²) in [4.78, 5) is 22.8. The lowest BCUT2D eigenvalue weighted by Crippen LogP contribution is -2.38. The maximum atomic E-state index is 13.0. The number of thiophene rings is 1. The molecule has 0 saturated carbocycles. The summed E-state index contributed by atoms with van der Waals surface area (Å²) in [7, 11) is 1.65. The average Bonchev–Trinajstić information content (AvgIpc) is 3.38. The first-order valence-electron chi connectivity index (χ1n) is 9.34. The molecule has 0 bridgehead atoms. The summed E-state index contributed by atoms with van der Waals surface area (Å²) in [6.45, 7) is 7.60. The van der Waals surface area contributed by atoms with E-state index in [9.17, 15) is 4.79 Å². The van der Waals surface area contributed by atoms with Gasteiger partial charge in [0, 0.05) is 24.0 Å². The molecule has 0 aliphatic carbocycles. The number of nitrogens with zero attached hydrogens (tertiary/aromatic N) is 3. The molecule has 0 radical (unpaired) electrons. The Balaban J connectivity index is 0.00000300. The zero-order valence-electron chi connectivity index (χ0n) is 16.8. The van der Waals surface area contributed by atoms with E-state index in [1.54, 1.807) is 29.4 Å². The Hall–Kier alpha value is -1.93. The Kier molecular flexibility index (Phi) is 9.10. The number of hydrogen-bond acceptors (Lipinski definition) is 6. The average molecular weight is 452 g/mol. The molecule has 0 aliphatic rings. The molecule has 0 unspecified atom stereocenters.